The number of urea groups is 1. The number of quaternary nitrogens is 1. The van der Waals surface area contributed by atoms with Crippen LogP contribution < -0.4 is 20.7 Å². The second kappa shape index (κ2) is 8.84. The Morgan fingerprint density at radius 3 is 2.32 bits per heavy atom. The molecule has 132 valence electrons. The van der Waals surface area contributed by atoms with Crippen molar-refractivity contribution in [1.82, 2.24) is 5.32 Å². The molecule has 2 atom stereocenters. The van der Waals surface area contributed by atoms with E-state index in [0.29, 0.717) is 13.2 Å². The SMILES string of the molecule is CCOc1ccc(C[NH+](C)[C@H](C(=O)NC(N)=O)c2ccccc2)cc1. The van der Waals surface area contributed by atoms with E-state index in [0.717, 1.165) is 21.8 Å². The van der Waals surface area contributed by atoms with Crippen LogP contribution in [0.3, 0.4) is 0 Å². The monoisotopic (exact) mass is 342 g/mol. The van der Waals surface area contributed by atoms with Gasteiger partial charge < -0.3 is 15.4 Å². The van der Waals surface area contributed by atoms with Crippen LogP contribution in [-0.2, 0) is 11.3 Å². The molecule has 0 fully saturated rings. The number of nitrogens with one attached hydrogen (secondary N) is 2. The van der Waals surface area contributed by atoms with Crippen LogP contribution in [0, 0.1) is 0 Å². The van der Waals surface area contributed by atoms with Gasteiger partial charge in [-0.05, 0) is 31.2 Å². The average molecular weight is 342 g/mol. The van der Waals surface area contributed by atoms with Gasteiger partial charge in [0, 0.05) is 11.1 Å². The maximum Gasteiger partial charge on any atom is 0.319 e. The Morgan fingerprint density at radius 2 is 1.76 bits per heavy atom. The van der Waals surface area contributed by atoms with Crippen LogP contribution in [0.2, 0.25) is 0 Å². The zero-order chi connectivity index (χ0) is 18.2. The Balaban J connectivity index is 2.18. The molecule has 2 aromatic rings. The molecule has 4 N–H and O–H groups in total. The van der Waals surface area contributed by atoms with E-state index in [1.54, 1.807) is 0 Å². The first-order chi connectivity index (χ1) is 12.0. The number of amides is 3. The summed E-state index contributed by atoms with van der Waals surface area (Å²) in [6.07, 6.45) is 0. The molecule has 0 aromatic heterocycles. The zero-order valence-electron chi connectivity index (χ0n) is 14.5. The summed E-state index contributed by atoms with van der Waals surface area (Å²) >= 11 is 0. The van der Waals surface area contributed by atoms with Gasteiger partial charge in [0.1, 0.15) is 12.3 Å². The number of benzene rings is 2. The maximum absolute atomic E-state index is 12.5. The normalized spacial score (nSPS) is 12.9. The highest BCUT2D eigenvalue weighted by Crippen LogP contribution is 2.13. The first kappa shape index (κ1) is 18.5. The van der Waals surface area contributed by atoms with Crippen LogP contribution >= 0.6 is 0 Å². The minimum atomic E-state index is -0.847. The van der Waals surface area contributed by atoms with Gasteiger partial charge >= 0.3 is 6.03 Å². The molecule has 0 saturated heterocycles. The molecule has 2 rings (SSSR count). The quantitative estimate of drug-likeness (QED) is 0.703. The fraction of sp³-hybridized carbons (Fsp3) is 0.263. The van der Waals surface area contributed by atoms with Crippen LogP contribution in [-0.4, -0.2) is 25.6 Å². The van der Waals surface area contributed by atoms with Crippen molar-refractivity contribution in [1.29, 1.82) is 0 Å². The second-order valence-corrected chi connectivity index (χ2v) is 5.80. The smallest absolute Gasteiger partial charge is 0.319 e. The van der Waals surface area contributed by atoms with Gasteiger partial charge in [0.05, 0.1) is 13.7 Å². The zero-order valence-corrected chi connectivity index (χ0v) is 14.5. The minimum Gasteiger partial charge on any atom is -0.494 e. The van der Waals surface area contributed by atoms with Gasteiger partial charge in [-0.25, -0.2) is 4.79 Å². The van der Waals surface area contributed by atoms with Crippen molar-refractivity contribution >= 4 is 11.9 Å². The number of nitrogens with two attached hydrogens (primary N) is 1. The number of hydrogen-bond donors (Lipinski definition) is 3. The lowest BCUT2D eigenvalue weighted by Gasteiger charge is -2.24. The third-order valence-corrected chi connectivity index (χ3v) is 3.85. The van der Waals surface area contributed by atoms with Gasteiger partial charge in [0.25, 0.3) is 5.91 Å². The Morgan fingerprint density at radius 1 is 1.12 bits per heavy atom. The van der Waals surface area contributed by atoms with Crippen molar-refractivity contribution < 1.29 is 19.2 Å². The summed E-state index contributed by atoms with van der Waals surface area (Å²) in [6.45, 7) is 3.17. The van der Waals surface area contributed by atoms with Crippen LogP contribution in [0.1, 0.15) is 24.1 Å². The maximum atomic E-state index is 12.5. The number of rotatable bonds is 7. The van der Waals surface area contributed by atoms with Crippen molar-refractivity contribution in [3.63, 3.8) is 0 Å². The van der Waals surface area contributed by atoms with Crippen molar-refractivity contribution in [2.45, 2.75) is 19.5 Å². The van der Waals surface area contributed by atoms with E-state index in [1.165, 1.54) is 0 Å². The van der Waals surface area contributed by atoms with Gasteiger partial charge in [-0.1, -0.05) is 30.3 Å². The first-order valence-corrected chi connectivity index (χ1v) is 8.20. The Bertz CT molecular complexity index is 702. The Hall–Kier alpha value is -2.86. The average Bonchev–Trinajstić information content (AvgIpc) is 2.57. The lowest BCUT2D eigenvalue weighted by Crippen LogP contribution is -3.09. The van der Waals surface area contributed by atoms with E-state index < -0.39 is 18.0 Å². The Kier molecular flexibility index (Phi) is 6.54. The van der Waals surface area contributed by atoms with Crippen molar-refractivity contribution in [2.75, 3.05) is 13.7 Å². The lowest BCUT2D eigenvalue weighted by atomic mass is 10.0. The summed E-state index contributed by atoms with van der Waals surface area (Å²) in [5.74, 6) is 0.400. The molecule has 25 heavy (non-hydrogen) atoms. The lowest BCUT2D eigenvalue weighted by molar-refractivity contribution is -0.916. The molecule has 1 unspecified atom stereocenters. The van der Waals surface area contributed by atoms with E-state index in [1.807, 2.05) is 68.6 Å². The van der Waals surface area contributed by atoms with E-state index >= 15 is 0 Å². The molecule has 0 radical (unpaired) electrons. The predicted molar refractivity (Wildman–Crippen MR) is 95.1 cm³/mol. The standard InChI is InChI=1S/C19H23N3O3/c1-3-25-16-11-9-14(10-12-16)13-22(2)17(18(23)21-19(20)24)15-7-5-4-6-8-15/h4-12,17H,3,13H2,1-2H3,(H3,20,21,23,24)/p+1/t17-/m0/s1. The number of likely N-dealkylation sites (N-methyl/N-ethyl adjacent to an activating group) is 1. The van der Waals surface area contributed by atoms with Gasteiger partial charge in [-0.3, -0.25) is 10.1 Å². The molecule has 0 aliphatic heterocycles. The van der Waals surface area contributed by atoms with Crippen LogP contribution in [0.5, 0.6) is 5.75 Å². The molecular weight excluding hydrogens is 318 g/mol. The molecule has 0 aliphatic rings. The number of carbonyl (C=O) groups is 2. The summed E-state index contributed by atoms with van der Waals surface area (Å²) in [6, 6.07) is 15.7. The van der Waals surface area contributed by atoms with Gasteiger partial charge in [0.15, 0.2) is 6.04 Å². The van der Waals surface area contributed by atoms with E-state index in [-0.39, 0.29) is 0 Å². The van der Waals surface area contributed by atoms with Gasteiger partial charge in [-0.15, -0.1) is 0 Å². The van der Waals surface area contributed by atoms with Crippen LogP contribution in [0.4, 0.5) is 4.79 Å². The number of imide groups is 1. The third kappa shape index (κ3) is 5.32. The van der Waals surface area contributed by atoms with Crippen LogP contribution in [0.15, 0.2) is 54.6 Å². The number of ether oxygens (including phenoxy) is 1. The predicted octanol–water partition coefficient (Wildman–Crippen LogP) is 1.04. The van der Waals surface area contributed by atoms with Crippen molar-refractivity contribution in [3.05, 3.63) is 65.7 Å². The molecule has 0 saturated carbocycles. The minimum absolute atomic E-state index is 0.415. The van der Waals surface area contributed by atoms with E-state index in [4.69, 9.17) is 10.5 Å². The van der Waals surface area contributed by atoms with Crippen molar-refractivity contribution in [3.8, 4) is 5.75 Å². The van der Waals surface area contributed by atoms with Crippen LogP contribution in [0.25, 0.3) is 0 Å². The largest absolute Gasteiger partial charge is 0.494 e. The molecule has 0 bridgehead atoms. The highest BCUT2D eigenvalue weighted by atomic mass is 16.5. The summed E-state index contributed by atoms with van der Waals surface area (Å²) in [7, 11) is 1.91. The number of primary amides is 1. The van der Waals surface area contributed by atoms with Gasteiger partial charge in [-0.2, -0.15) is 0 Å². The highest BCUT2D eigenvalue weighted by Gasteiger charge is 2.29. The Labute approximate surface area is 147 Å². The highest BCUT2D eigenvalue weighted by molar-refractivity contribution is 5.96. The molecule has 0 heterocycles. The molecule has 0 spiro atoms. The summed E-state index contributed by atoms with van der Waals surface area (Å²) in [5, 5.41) is 2.19. The van der Waals surface area contributed by atoms with E-state index in [2.05, 4.69) is 5.32 Å². The van der Waals surface area contributed by atoms with E-state index in [9.17, 15) is 9.59 Å². The summed E-state index contributed by atoms with van der Waals surface area (Å²) in [4.78, 5) is 24.5. The van der Waals surface area contributed by atoms with Crippen molar-refractivity contribution in [2.24, 2.45) is 5.73 Å². The number of hydrogen-bond acceptors (Lipinski definition) is 3. The summed E-state index contributed by atoms with van der Waals surface area (Å²) in [5.41, 5.74) is 7.00. The molecular formula is C19H24N3O3+. The fourth-order valence-electron chi connectivity index (χ4n) is 2.79. The molecule has 0 aliphatic carbocycles. The first-order valence-electron chi connectivity index (χ1n) is 8.20. The molecule has 6 heteroatoms. The third-order valence-electron chi connectivity index (χ3n) is 3.85. The van der Waals surface area contributed by atoms with Gasteiger partial charge in [0.2, 0.25) is 0 Å². The number of carbonyl (C=O) groups excluding carboxylic acids is 2. The topological polar surface area (TPSA) is 85.9 Å². The molecule has 6 nitrogen and oxygen atoms in total. The molecule has 2 aromatic carbocycles. The molecule has 3 amide bonds. The second-order valence-electron chi connectivity index (χ2n) is 5.80. The fourth-order valence-corrected chi connectivity index (χ4v) is 2.79. The summed E-state index contributed by atoms with van der Waals surface area (Å²) < 4.78 is 5.44.